The van der Waals surface area contributed by atoms with Crippen molar-refractivity contribution in [3.63, 3.8) is 0 Å². The molecular weight excluding hydrogens is 379 g/mol. The first-order valence-electron chi connectivity index (χ1n) is 7.85. The standard InChI is InChI=1S/C15H22F3NO6S/c1-5-6-7-25-11(20)8-10-9-14(2,3)12(13(21)24-4)19(10)26(22,23)15(16,17)18/h8,12H,5-7,9H2,1-4H3/b10-8+/t12-/m1/s1. The number of carbonyl (C=O) groups excluding carboxylic acids is 2. The molecule has 7 nitrogen and oxygen atoms in total. The Morgan fingerprint density at radius 1 is 1.35 bits per heavy atom. The van der Waals surface area contributed by atoms with Crippen LogP contribution in [0.25, 0.3) is 0 Å². The van der Waals surface area contributed by atoms with Crippen molar-refractivity contribution in [1.29, 1.82) is 0 Å². The van der Waals surface area contributed by atoms with Crippen molar-refractivity contribution in [2.45, 2.75) is 51.6 Å². The molecule has 1 heterocycles. The topological polar surface area (TPSA) is 90.0 Å². The highest BCUT2D eigenvalue weighted by molar-refractivity contribution is 7.90. The molecule has 0 bridgehead atoms. The normalized spacial score (nSPS) is 21.7. The maximum absolute atomic E-state index is 13.1. The number of nitrogens with zero attached hydrogens (tertiary/aromatic N) is 1. The molecule has 0 aromatic carbocycles. The minimum Gasteiger partial charge on any atom is -0.467 e. The maximum Gasteiger partial charge on any atom is 0.516 e. The molecule has 1 aliphatic heterocycles. The van der Waals surface area contributed by atoms with Crippen LogP contribution in [-0.2, 0) is 29.1 Å². The summed E-state index contributed by atoms with van der Waals surface area (Å²) in [7, 11) is -4.97. The van der Waals surface area contributed by atoms with Crippen LogP contribution in [0.3, 0.4) is 0 Å². The van der Waals surface area contributed by atoms with E-state index in [1.54, 1.807) is 0 Å². The number of rotatable bonds is 6. The van der Waals surface area contributed by atoms with Crippen LogP contribution in [0, 0.1) is 5.41 Å². The molecule has 1 atom stereocenters. The second kappa shape index (κ2) is 7.85. The Labute approximate surface area is 150 Å². The Bertz CT molecular complexity index is 684. The van der Waals surface area contributed by atoms with Gasteiger partial charge in [-0.15, -0.1) is 0 Å². The van der Waals surface area contributed by atoms with Gasteiger partial charge in [-0.3, -0.25) is 4.31 Å². The number of allylic oxidation sites excluding steroid dienone is 1. The first-order valence-corrected chi connectivity index (χ1v) is 9.29. The van der Waals surface area contributed by atoms with E-state index in [2.05, 4.69) is 4.74 Å². The van der Waals surface area contributed by atoms with Crippen LogP contribution in [0.5, 0.6) is 0 Å². The highest BCUT2D eigenvalue weighted by Crippen LogP contribution is 2.47. The number of methoxy groups -OCH3 is 1. The number of esters is 2. The third-order valence-electron chi connectivity index (χ3n) is 3.90. The minimum atomic E-state index is -5.92. The molecule has 0 spiro atoms. The van der Waals surface area contributed by atoms with Crippen molar-refractivity contribution in [3.05, 3.63) is 11.8 Å². The number of hydrogen-bond acceptors (Lipinski definition) is 6. The summed E-state index contributed by atoms with van der Waals surface area (Å²) in [5, 5.41) is 0. The summed E-state index contributed by atoms with van der Waals surface area (Å²) < 4.78 is 72.6. The van der Waals surface area contributed by atoms with Crippen molar-refractivity contribution in [2.24, 2.45) is 5.41 Å². The lowest BCUT2D eigenvalue weighted by atomic mass is 9.84. The molecule has 0 aromatic rings. The zero-order valence-electron chi connectivity index (χ0n) is 14.9. The predicted molar refractivity (Wildman–Crippen MR) is 85.0 cm³/mol. The predicted octanol–water partition coefficient (Wildman–Crippen LogP) is 2.34. The van der Waals surface area contributed by atoms with E-state index < -0.39 is 44.6 Å². The van der Waals surface area contributed by atoms with Crippen LogP contribution in [0.2, 0.25) is 0 Å². The third-order valence-corrected chi connectivity index (χ3v) is 5.45. The summed E-state index contributed by atoms with van der Waals surface area (Å²) >= 11 is 0. The molecule has 0 radical (unpaired) electrons. The van der Waals surface area contributed by atoms with E-state index in [1.165, 1.54) is 13.8 Å². The summed E-state index contributed by atoms with van der Waals surface area (Å²) in [5.41, 5.74) is -7.34. The second-order valence-corrected chi connectivity index (χ2v) is 8.30. The van der Waals surface area contributed by atoms with Gasteiger partial charge in [-0.05, 0) is 12.8 Å². The van der Waals surface area contributed by atoms with Gasteiger partial charge in [0.25, 0.3) is 0 Å². The van der Waals surface area contributed by atoms with Crippen molar-refractivity contribution >= 4 is 22.0 Å². The molecule has 0 aromatic heterocycles. The molecule has 0 saturated carbocycles. The van der Waals surface area contributed by atoms with Crippen LogP contribution in [0.1, 0.15) is 40.0 Å². The first kappa shape index (κ1) is 22.3. The number of halogens is 3. The average molecular weight is 401 g/mol. The summed E-state index contributed by atoms with van der Waals surface area (Å²) in [5.74, 6) is -2.12. The lowest BCUT2D eigenvalue weighted by Crippen LogP contribution is -2.50. The summed E-state index contributed by atoms with van der Waals surface area (Å²) in [4.78, 5) is 23.9. The van der Waals surface area contributed by atoms with Gasteiger partial charge in [0.05, 0.1) is 13.7 Å². The van der Waals surface area contributed by atoms with Gasteiger partial charge in [-0.2, -0.15) is 21.6 Å². The van der Waals surface area contributed by atoms with Gasteiger partial charge in [0.1, 0.15) is 6.04 Å². The molecule has 0 unspecified atom stereocenters. The molecule has 150 valence electrons. The van der Waals surface area contributed by atoms with E-state index in [1.807, 2.05) is 6.92 Å². The van der Waals surface area contributed by atoms with E-state index in [4.69, 9.17) is 4.74 Å². The Morgan fingerprint density at radius 2 is 1.92 bits per heavy atom. The van der Waals surface area contributed by atoms with Crippen molar-refractivity contribution < 1.29 is 40.7 Å². The van der Waals surface area contributed by atoms with Crippen LogP contribution >= 0.6 is 0 Å². The van der Waals surface area contributed by atoms with Gasteiger partial charge >= 0.3 is 27.5 Å². The maximum atomic E-state index is 13.1. The Morgan fingerprint density at radius 3 is 2.38 bits per heavy atom. The SMILES string of the molecule is CCCCOC(=O)/C=C1\CC(C)(C)[C@@H](C(=O)OC)N1S(=O)(=O)C(F)(F)F. The Balaban J connectivity index is 3.40. The van der Waals surface area contributed by atoms with E-state index in [9.17, 15) is 31.2 Å². The van der Waals surface area contributed by atoms with E-state index in [0.29, 0.717) is 12.5 Å². The Kier molecular flexibility index (Phi) is 6.72. The van der Waals surface area contributed by atoms with Gasteiger partial charge in [0.15, 0.2) is 0 Å². The average Bonchev–Trinajstić information content (AvgIpc) is 2.76. The van der Waals surface area contributed by atoms with Crippen LogP contribution in [0.4, 0.5) is 13.2 Å². The molecule has 1 rings (SSSR count). The van der Waals surface area contributed by atoms with E-state index in [-0.39, 0.29) is 17.3 Å². The fourth-order valence-corrected chi connectivity index (χ4v) is 3.96. The van der Waals surface area contributed by atoms with Crippen molar-refractivity contribution in [2.75, 3.05) is 13.7 Å². The molecule has 0 amide bonds. The number of sulfonamides is 1. The van der Waals surface area contributed by atoms with E-state index in [0.717, 1.165) is 13.5 Å². The Hall–Kier alpha value is -1.78. The van der Waals surface area contributed by atoms with Gasteiger partial charge in [0, 0.05) is 17.2 Å². The highest BCUT2D eigenvalue weighted by Gasteiger charge is 2.60. The highest BCUT2D eigenvalue weighted by atomic mass is 32.2. The second-order valence-electron chi connectivity index (χ2n) is 6.49. The minimum absolute atomic E-state index is 0.0506. The van der Waals surface area contributed by atoms with Crippen molar-refractivity contribution in [3.8, 4) is 0 Å². The fraction of sp³-hybridized carbons (Fsp3) is 0.733. The zero-order chi connectivity index (χ0) is 20.3. The number of ether oxygens (including phenoxy) is 2. The van der Waals surface area contributed by atoms with Gasteiger partial charge in [-0.25, -0.2) is 9.59 Å². The zero-order valence-corrected chi connectivity index (χ0v) is 15.7. The molecule has 0 N–H and O–H groups in total. The molecule has 1 fully saturated rings. The number of carbonyl (C=O) groups is 2. The van der Waals surface area contributed by atoms with E-state index >= 15 is 0 Å². The number of unbranched alkanes of at least 4 members (excludes halogenated alkanes) is 1. The summed E-state index contributed by atoms with van der Waals surface area (Å²) in [6, 6.07) is -1.76. The molecule has 0 aliphatic carbocycles. The number of hydrogen-bond donors (Lipinski definition) is 0. The molecule has 26 heavy (non-hydrogen) atoms. The summed E-state index contributed by atoms with van der Waals surface area (Å²) in [6.45, 7) is 4.73. The van der Waals surface area contributed by atoms with Gasteiger partial charge in [0.2, 0.25) is 0 Å². The smallest absolute Gasteiger partial charge is 0.467 e. The molecule has 1 aliphatic rings. The van der Waals surface area contributed by atoms with Gasteiger partial charge < -0.3 is 9.47 Å². The quantitative estimate of drug-likeness (QED) is 0.386. The van der Waals surface area contributed by atoms with Crippen LogP contribution in [0.15, 0.2) is 11.8 Å². The molecule has 1 saturated heterocycles. The third kappa shape index (κ3) is 4.49. The first-order chi connectivity index (χ1) is 11.8. The van der Waals surface area contributed by atoms with Crippen molar-refractivity contribution in [1.82, 2.24) is 4.31 Å². The van der Waals surface area contributed by atoms with Crippen LogP contribution in [-0.4, -0.2) is 49.9 Å². The van der Waals surface area contributed by atoms with Gasteiger partial charge in [-0.1, -0.05) is 27.2 Å². The van der Waals surface area contributed by atoms with Crippen LogP contribution < -0.4 is 0 Å². The lowest BCUT2D eigenvalue weighted by Gasteiger charge is -2.30. The largest absolute Gasteiger partial charge is 0.516 e. The molecule has 11 heteroatoms. The lowest BCUT2D eigenvalue weighted by molar-refractivity contribution is -0.147. The summed E-state index contributed by atoms with van der Waals surface area (Å²) in [6.07, 6.45) is 1.71. The molecular formula is C15H22F3NO6S. The number of alkyl halides is 3. The monoisotopic (exact) mass is 401 g/mol. The fourth-order valence-electron chi connectivity index (χ4n) is 2.67.